The summed E-state index contributed by atoms with van der Waals surface area (Å²) in [6.07, 6.45) is 5.00. The van der Waals surface area contributed by atoms with Gasteiger partial charge in [-0.05, 0) is 37.7 Å². The van der Waals surface area contributed by atoms with E-state index in [0.29, 0.717) is 42.8 Å². The second-order valence-corrected chi connectivity index (χ2v) is 7.87. The maximum atomic E-state index is 15.1. The van der Waals surface area contributed by atoms with Crippen molar-refractivity contribution in [1.82, 2.24) is 20.0 Å². The Morgan fingerprint density at radius 2 is 2.00 bits per heavy atom. The molecule has 0 saturated carbocycles. The number of carbonyl (C=O) groups is 1. The molecule has 0 bridgehead atoms. The molecule has 0 saturated heterocycles. The molecular formula is C23H25F2N5O3. The number of anilines is 1. The number of H-pyrrole nitrogens is 1. The van der Waals surface area contributed by atoms with Gasteiger partial charge in [-0.3, -0.25) is 14.6 Å². The number of aromatic amines is 1. The average Bonchev–Trinajstić information content (AvgIpc) is 3.28. The molecule has 33 heavy (non-hydrogen) atoms. The van der Waals surface area contributed by atoms with Crippen LogP contribution in [-0.2, 0) is 24.7 Å². The van der Waals surface area contributed by atoms with Gasteiger partial charge in [0.05, 0.1) is 26.1 Å². The van der Waals surface area contributed by atoms with Crippen LogP contribution in [0.2, 0.25) is 0 Å². The second kappa shape index (κ2) is 9.05. The maximum Gasteiger partial charge on any atom is 0.247 e. The van der Waals surface area contributed by atoms with Crippen LogP contribution >= 0.6 is 0 Å². The lowest BCUT2D eigenvalue weighted by atomic mass is 9.90. The van der Waals surface area contributed by atoms with Crippen LogP contribution < -0.4 is 14.8 Å². The number of nitrogens with zero attached hydrogens (tertiary/aromatic N) is 3. The molecule has 2 heterocycles. The molecule has 2 aromatic heterocycles. The highest BCUT2D eigenvalue weighted by molar-refractivity contribution is 6.01. The molecule has 0 aliphatic heterocycles. The summed E-state index contributed by atoms with van der Waals surface area (Å²) in [5.41, 5.74) is 3.47. The highest BCUT2D eigenvalue weighted by atomic mass is 19.1. The van der Waals surface area contributed by atoms with Crippen molar-refractivity contribution < 1.29 is 23.0 Å². The summed E-state index contributed by atoms with van der Waals surface area (Å²) in [7, 11) is 4.43. The Labute approximate surface area is 189 Å². The van der Waals surface area contributed by atoms with Crippen molar-refractivity contribution in [2.75, 3.05) is 19.5 Å². The molecule has 1 aromatic carbocycles. The highest BCUT2D eigenvalue weighted by Gasteiger charge is 2.31. The van der Waals surface area contributed by atoms with E-state index in [4.69, 9.17) is 9.47 Å². The lowest BCUT2D eigenvalue weighted by molar-refractivity contribution is -0.111. The summed E-state index contributed by atoms with van der Waals surface area (Å²) in [5, 5.41) is 14.5. The Balaban J connectivity index is 1.74. The molecule has 2 N–H and O–H groups in total. The average molecular weight is 457 g/mol. The molecule has 1 aliphatic rings. The van der Waals surface area contributed by atoms with E-state index in [1.807, 2.05) is 0 Å². The molecule has 0 fully saturated rings. The minimum Gasteiger partial charge on any atom is -0.494 e. The number of fused-ring (bicyclic) bond motifs is 1. The molecule has 8 nitrogen and oxygen atoms in total. The molecule has 0 radical (unpaired) electrons. The van der Waals surface area contributed by atoms with Gasteiger partial charge in [-0.25, -0.2) is 8.78 Å². The Hall–Kier alpha value is -3.69. The lowest BCUT2D eigenvalue weighted by Gasteiger charge is -2.19. The number of benzene rings is 1. The third-order valence-electron chi connectivity index (χ3n) is 6.00. The fourth-order valence-corrected chi connectivity index (χ4v) is 4.41. The standard InChI is InChI=1S/C23H25F2N5O3/c1-5-18(31)27-15-11-26-30(2)23(15)22-13-8-6-7-12(9-14(13)28-29-22)19-20(24)16(32-3)10-17(33-4)21(19)25/h5,10-12H,1,6-9H2,2-4H3,(H,27,31)(H,28,29). The Kier molecular flexibility index (Phi) is 6.17. The predicted molar refractivity (Wildman–Crippen MR) is 118 cm³/mol. The fraction of sp³-hybridized carbons (Fsp3) is 0.348. The Morgan fingerprint density at radius 1 is 1.30 bits per heavy atom. The van der Waals surface area contributed by atoms with Gasteiger partial charge in [-0.15, -0.1) is 0 Å². The molecule has 1 unspecified atom stereocenters. The number of hydrogen-bond acceptors (Lipinski definition) is 5. The van der Waals surface area contributed by atoms with E-state index in [-0.39, 0.29) is 23.0 Å². The summed E-state index contributed by atoms with van der Waals surface area (Å²) in [5.74, 6) is -2.35. The van der Waals surface area contributed by atoms with Crippen molar-refractivity contribution >= 4 is 11.6 Å². The minimum atomic E-state index is -0.718. The van der Waals surface area contributed by atoms with Crippen LogP contribution in [0.15, 0.2) is 24.9 Å². The van der Waals surface area contributed by atoms with Crippen LogP contribution in [0.25, 0.3) is 11.4 Å². The van der Waals surface area contributed by atoms with Crippen LogP contribution in [0.1, 0.15) is 35.6 Å². The monoisotopic (exact) mass is 457 g/mol. The van der Waals surface area contributed by atoms with Gasteiger partial charge in [0.2, 0.25) is 5.91 Å². The molecule has 10 heteroatoms. The third-order valence-corrected chi connectivity index (χ3v) is 6.00. The first kappa shape index (κ1) is 22.5. The lowest BCUT2D eigenvalue weighted by Crippen LogP contribution is -2.10. The first-order valence-corrected chi connectivity index (χ1v) is 10.5. The van der Waals surface area contributed by atoms with Crippen molar-refractivity contribution in [3.63, 3.8) is 0 Å². The summed E-state index contributed by atoms with van der Waals surface area (Å²) in [4.78, 5) is 11.8. The van der Waals surface area contributed by atoms with Crippen molar-refractivity contribution in [3.05, 3.63) is 53.4 Å². The smallest absolute Gasteiger partial charge is 0.247 e. The molecular weight excluding hydrogens is 432 g/mol. The zero-order valence-corrected chi connectivity index (χ0v) is 18.7. The third kappa shape index (κ3) is 3.96. The number of nitrogens with one attached hydrogen (secondary N) is 2. The summed E-state index contributed by atoms with van der Waals surface area (Å²) < 4.78 is 42.1. The van der Waals surface area contributed by atoms with Crippen molar-refractivity contribution in [3.8, 4) is 22.9 Å². The van der Waals surface area contributed by atoms with E-state index in [2.05, 4.69) is 27.2 Å². The number of aryl methyl sites for hydroxylation is 1. The summed E-state index contributed by atoms with van der Waals surface area (Å²) in [6, 6.07) is 1.21. The van der Waals surface area contributed by atoms with Gasteiger partial charge in [0.15, 0.2) is 23.1 Å². The van der Waals surface area contributed by atoms with Crippen molar-refractivity contribution in [2.24, 2.45) is 7.05 Å². The maximum absolute atomic E-state index is 15.1. The van der Waals surface area contributed by atoms with Crippen LogP contribution in [0, 0.1) is 11.6 Å². The largest absolute Gasteiger partial charge is 0.494 e. The van der Waals surface area contributed by atoms with Gasteiger partial charge < -0.3 is 14.8 Å². The van der Waals surface area contributed by atoms with E-state index < -0.39 is 17.6 Å². The van der Waals surface area contributed by atoms with Gasteiger partial charge in [0, 0.05) is 29.9 Å². The van der Waals surface area contributed by atoms with E-state index >= 15 is 8.78 Å². The number of aromatic nitrogens is 4. The molecule has 4 rings (SSSR count). The fourth-order valence-electron chi connectivity index (χ4n) is 4.41. The molecule has 1 aliphatic carbocycles. The van der Waals surface area contributed by atoms with E-state index in [1.165, 1.54) is 26.4 Å². The normalized spacial score (nSPS) is 15.5. The quantitative estimate of drug-likeness (QED) is 0.433. The van der Waals surface area contributed by atoms with Gasteiger partial charge >= 0.3 is 0 Å². The number of amides is 1. The van der Waals surface area contributed by atoms with Gasteiger partial charge in [-0.2, -0.15) is 10.2 Å². The SMILES string of the molecule is C=CC(=O)Nc1cnn(C)c1-c1n[nH]c2c1CCCC(c1c(F)c(OC)cc(OC)c1F)C2. The van der Waals surface area contributed by atoms with Crippen molar-refractivity contribution in [1.29, 1.82) is 0 Å². The molecule has 3 aromatic rings. The van der Waals surface area contributed by atoms with E-state index in [0.717, 1.165) is 11.3 Å². The Morgan fingerprint density at radius 3 is 2.64 bits per heavy atom. The molecule has 174 valence electrons. The highest BCUT2D eigenvalue weighted by Crippen LogP contribution is 2.42. The Bertz CT molecular complexity index is 1190. The number of hydrogen-bond donors (Lipinski definition) is 2. The first-order chi connectivity index (χ1) is 15.9. The van der Waals surface area contributed by atoms with Crippen LogP contribution in [0.4, 0.5) is 14.5 Å². The van der Waals surface area contributed by atoms with Crippen LogP contribution in [-0.4, -0.2) is 40.1 Å². The van der Waals surface area contributed by atoms with Gasteiger partial charge in [-0.1, -0.05) is 6.58 Å². The number of ether oxygens (including phenoxy) is 2. The van der Waals surface area contributed by atoms with E-state index in [9.17, 15) is 4.79 Å². The molecule has 1 amide bonds. The molecule has 1 atom stereocenters. The topological polar surface area (TPSA) is 94.1 Å². The minimum absolute atomic E-state index is 0.0466. The van der Waals surface area contributed by atoms with Gasteiger partial charge in [0.1, 0.15) is 11.4 Å². The number of methoxy groups -OCH3 is 2. The first-order valence-electron chi connectivity index (χ1n) is 10.5. The predicted octanol–water partition coefficient (Wildman–Crippen LogP) is 3.89. The van der Waals surface area contributed by atoms with Crippen molar-refractivity contribution in [2.45, 2.75) is 31.6 Å². The second-order valence-electron chi connectivity index (χ2n) is 7.87. The zero-order valence-electron chi connectivity index (χ0n) is 18.7. The number of carbonyl (C=O) groups excluding carboxylic acids is 1. The summed E-state index contributed by atoms with van der Waals surface area (Å²) >= 11 is 0. The number of rotatable bonds is 6. The van der Waals surface area contributed by atoms with Gasteiger partial charge in [0.25, 0.3) is 0 Å². The van der Waals surface area contributed by atoms with Crippen LogP contribution in [0.5, 0.6) is 11.5 Å². The number of halogens is 2. The zero-order chi connectivity index (χ0) is 23.7. The van der Waals surface area contributed by atoms with Crippen LogP contribution in [0.3, 0.4) is 0 Å². The van der Waals surface area contributed by atoms with E-state index in [1.54, 1.807) is 17.9 Å². The molecule has 0 spiro atoms. The summed E-state index contributed by atoms with van der Waals surface area (Å²) in [6.45, 7) is 3.47.